The number of nitrogens with zero attached hydrogens (tertiary/aromatic N) is 2. The molecule has 0 saturated carbocycles. The SMILES string of the molecule is O=C(O)CC1CCc2cc(-c3cnc(NC(=O)Nc4cccc(Cl)c4)cn3)ccc2C1. The minimum atomic E-state index is -0.740. The van der Waals surface area contributed by atoms with Crippen molar-refractivity contribution in [1.82, 2.24) is 9.97 Å². The molecule has 31 heavy (non-hydrogen) atoms. The number of aliphatic carboxylic acids is 1. The fourth-order valence-corrected chi connectivity index (χ4v) is 3.99. The second kappa shape index (κ2) is 9.14. The van der Waals surface area contributed by atoms with Crippen molar-refractivity contribution in [2.45, 2.75) is 25.7 Å². The Bertz CT molecular complexity index is 1120. The zero-order valence-corrected chi connectivity index (χ0v) is 17.4. The van der Waals surface area contributed by atoms with Crippen molar-refractivity contribution in [2.75, 3.05) is 10.6 Å². The van der Waals surface area contributed by atoms with Crippen LogP contribution < -0.4 is 10.6 Å². The van der Waals surface area contributed by atoms with Gasteiger partial charge in [0.25, 0.3) is 0 Å². The van der Waals surface area contributed by atoms with Crippen LogP contribution in [0.3, 0.4) is 0 Å². The first kappa shape index (κ1) is 20.8. The molecule has 0 saturated heterocycles. The molecule has 3 aromatic rings. The topological polar surface area (TPSA) is 104 Å². The summed E-state index contributed by atoms with van der Waals surface area (Å²) >= 11 is 5.92. The molecule has 0 aliphatic heterocycles. The van der Waals surface area contributed by atoms with E-state index >= 15 is 0 Å². The van der Waals surface area contributed by atoms with Gasteiger partial charge in [0.1, 0.15) is 0 Å². The summed E-state index contributed by atoms with van der Waals surface area (Å²) in [6, 6.07) is 12.5. The Balaban J connectivity index is 1.40. The van der Waals surface area contributed by atoms with E-state index < -0.39 is 12.0 Å². The quantitative estimate of drug-likeness (QED) is 0.520. The van der Waals surface area contributed by atoms with Gasteiger partial charge in [-0.25, -0.2) is 9.78 Å². The molecule has 1 unspecified atom stereocenters. The average molecular weight is 437 g/mol. The van der Waals surface area contributed by atoms with Crippen LogP contribution in [0.15, 0.2) is 54.9 Å². The number of fused-ring (bicyclic) bond motifs is 1. The maximum absolute atomic E-state index is 12.1. The number of rotatable bonds is 5. The number of urea groups is 1. The third-order valence-corrected chi connectivity index (χ3v) is 5.51. The Kier molecular flexibility index (Phi) is 6.13. The summed E-state index contributed by atoms with van der Waals surface area (Å²) in [5.41, 5.74) is 4.65. The Morgan fingerprint density at radius 3 is 2.68 bits per heavy atom. The number of hydrogen-bond donors (Lipinski definition) is 3. The summed E-state index contributed by atoms with van der Waals surface area (Å²) in [4.78, 5) is 31.8. The number of halogens is 1. The van der Waals surface area contributed by atoms with Gasteiger partial charge in [0.15, 0.2) is 5.82 Å². The summed E-state index contributed by atoms with van der Waals surface area (Å²) in [5.74, 6) is -0.216. The number of aromatic nitrogens is 2. The van der Waals surface area contributed by atoms with Crippen molar-refractivity contribution in [3.63, 3.8) is 0 Å². The lowest BCUT2D eigenvalue weighted by molar-refractivity contribution is -0.138. The van der Waals surface area contributed by atoms with E-state index in [1.165, 1.54) is 17.3 Å². The van der Waals surface area contributed by atoms with Gasteiger partial charge in [-0.1, -0.05) is 29.8 Å². The zero-order valence-electron chi connectivity index (χ0n) is 16.6. The Morgan fingerprint density at radius 2 is 1.94 bits per heavy atom. The van der Waals surface area contributed by atoms with Crippen LogP contribution in [0, 0.1) is 5.92 Å². The van der Waals surface area contributed by atoms with Gasteiger partial charge in [-0.2, -0.15) is 0 Å². The molecule has 0 spiro atoms. The van der Waals surface area contributed by atoms with Gasteiger partial charge in [-0.05, 0) is 60.6 Å². The number of anilines is 2. The van der Waals surface area contributed by atoms with E-state index in [2.05, 4.69) is 26.7 Å². The molecule has 8 heteroatoms. The summed E-state index contributed by atoms with van der Waals surface area (Å²) in [7, 11) is 0. The van der Waals surface area contributed by atoms with Crippen LogP contribution in [0.2, 0.25) is 5.02 Å². The number of carbonyl (C=O) groups is 2. The first-order valence-electron chi connectivity index (χ1n) is 9.96. The number of benzene rings is 2. The minimum absolute atomic E-state index is 0.194. The van der Waals surface area contributed by atoms with Gasteiger partial charge in [0.2, 0.25) is 0 Å². The van der Waals surface area contributed by atoms with Gasteiger partial charge in [-0.15, -0.1) is 0 Å². The molecule has 0 radical (unpaired) electrons. The normalized spacial score (nSPS) is 15.1. The number of amides is 2. The van der Waals surface area contributed by atoms with Crippen LogP contribution in [0.4, 0.5) is 16.3 Å². The lowest BCUT2D eigenvalue weighted by Crippen LogP contribution is -2.20. The summed E-state index contributed by atoms with van der Waals surface area (Å²) < 4.78 is 0. The van der Waals surface area contributed by atoms with Crippen LogP contribution in [-0.4, -0.2) is 27.1 Å². The van der Waals surface area contributed by atoms with Crippen molar-refractivity contribution in [1.29, 1.82) is 0 Å². The first-order chi connectivity index (χ1) is 15.0. The predicted octanol–water partition coefficient (Wildman–Crippen LogP) is 5.02. The maximum atomic E-state index is 12.1. The number of aryl methyl sites for hydroxylation is 1. The highest BCUT2D eigenvalue weighted by Crippen LogP contribution is 2.30. The molecule has 1 aliphatic rings. The largest absolute Gasteiger partial charge is 0.481 e. The molecule has 1 aliphatic carbocycles. The molecule has 0 bridgehead atoms. The molecular weight excluding hydrogens is 416 g/mol. The molecular formula is C23H21ClN4O3. The van der Waals surface area contributed by atoms with E-state index in [1.54, 1.807) is 30.5 Å². The lowest BCUT2D eigenvalue weighted by atomic mass is 9.81. The minimum Gasteiger partial charge on any atom is -0.481 e. The fourth-order valence-electron chi connectivity index (χ4n) is 3.80. The summed E-state index contributed by atoms with van der Waals surface area (Å²) in [5, 5.41) is 14.9. The first-order valence-corrected chi connectivity index (χ1v) is 10.3. The maximum Gasteiger partial charge on any atom is 0.324 e. The van der Waals surface area contributed by atoms with Gasteiger partial charge >= 0.3 is 12.0 Å². The van der Waals surface area contributed by atoms with E-state index in [-0.39, 0.29) is 12.3 Å². The van der Waals surface area contributed by atoms with Crippen molar-refractivity contribution >= 4 is 35.1 Å². The summed E-state index contributed by atoms with van der Waals surface area (Å²) in [6.07, 6.45) is 5.86. The Hall–Kier alpha value is -3.45. The van der Waals surface area contributed by atoms with Crippen LogP contribution in [0.1, 0.15) is 24.0 Å². The van der Waals surface area contributed by atoms with Gasteiger partial charge in [-0.3, -0.25) is 15.1 Å². The third-order valence-electron chi connectivity index (χ3n) is 5.27. The molecule has 2 aromatic carbocycles. The van der Waals surface area contributed by atoms with Crippen LogP contribution in [-0.2, 0) is 17.6 Å². The summed E-state index contributed by atoms with van der Waals surface area (Å²) in [6.45, 7) is 0. The highest BCUT2D eigenvalue weighted by Gasteiger charge is 2.21. The van der Waals surface area contributed by atoms with E-state index in [1.807, 2.05) is 12.1 Å². The number of carboxylic acids is 1. The zero-order chi connectivity index (χ0) is 21.8. The van der Waals surface area contributed by atoms with Crippen molar-refractivity contribution < 1.29 is 14.7 Å². The molecule has 1 atom stereocenters. The van der Waals surface area contributed by atoms with Crippen molar-refractivity contribution in [2.24, 2.45) is 5.92 Å². The van der Waals surface area contributed by atoms with Gasteiger partial charge < -0.3 is 10.4 Å². The molecule has 158 valence electrons. The average Bonchev–Trinajstić information content (AvgIpc) is 2.73. The van der Waals surface area contributed by atoms with Crippen molar-refractivity contribution in [3.8, 4) is 11.3 Å². The van der Waals surface area contributed by atoms with Crippen molar-refractivity contribution in [3.05, 3.63) is 71.0 Å². The standard InChI is InChI=1S/C23H21ClN4O3/c24-18-2-1-3-19(11-18)27-23(31)28-21-13-25-20(12-26-21)17-7-6-15-8-14(9-22(29)30)4-5-16(15)10-17/h1-3,6-7,10-14H,4-5,8-9H2,(H,29,30)(H2,26,27,28,31). The fraction of sp³-hybridized carbons (Fsp3) is 0.217. The third kappa shape index (κ3) is 5.38. The molecule has 2 amide bonds. The predicted molar refractivity (Wildman–Crippen MR) is 119 cm³/mol. The second-order valence-corrected chi connectivity index (χ2v) is 8.00. The monoisotopic (exact) mass is 436 g/mol. The molecule has 3 N–H and O–H groups in total. The van der Waals surface area contributed by atoms with Gasteiger partial charge in [0, 0.05) is 22.7 Å². The van der Waals surface area contributed by atoms with E-state index in [0.717, 1.165) is 24.8 Å². The Labute approximate surface area is 184 Å². The number of hydrogen-bond acceptors (Lipinski definition) is 4. The number of carboxylic acid groups (broad SMARTS) is 1. The highest BCUT2D eigenvalue weighted by atomic mass is 35.5. The van der Waals surface area contributed by atoms with E-state index in [9.17, 15) is 9.59 Å². The van der Waals surface area contributed by atoms with E-state index in [4.69, 9.17) is 16.7 Å². The van der Waals surface area contributed by atoms with Crippen LogP contribution in [0.25, 0.3) is 11.3 Å². The smallest absolute Gasteiger partial charge is 0.324 e. The highest BCUT2D eigenvalue weighted by molar-refractivity contribution is 6.30. The number of nitrogens with one attached hydrogen (secondary N) is 2. The lowest BCUT2D eigenvalue weighted by Gasteiger charge is -2.23. The van der Waals surface area contributed by atoms with E-state index in [0.29, 0.717) is 22.2 Å². The molecule has 0 fully saturated rings. The molecule has 4 rings (SSSR count). The molecule has 1 aromatic heterocycles. The Morgan fingerprint density at radius 1 is 1.06 bits per heavy atom. The van der Waals surface area contributed by atoms with Crippen LogP contribution >= 0.6 is 11.6 Å². The molecule has 1 heterocycles. The second-order valence-electron chi connectivity index (χ2n) is 7.57. The van der Waals surface area contributed by atoms with Gasteiger partial charge in [0.05, 0.1) is 18.1 Å². The molecule has 7 nitrogen and oxygen atoms in total. The number of carbonyl (C=O) groups excluding carboxylic acids is 1. The van der Waals surface area contributed by atoms with Crippen LogP contribution in [0.5, 0.6) is 0 Å².